The Hall–Kier alpha value is -0.570. The van der Waals surface area contributed by atoms with Gasteiger partial charge in [-0.25, -0.2) is 0 Å². The molecule has 84 valence electrons. The van der Waals surface area contributed by atoms with Crippen molar-refractivity contribution in [1.82, 2.24) is 0 Å². The van der Waals surface area contributed by atoms with E-state index in [4.69, 9.17) is 16.3 Å². The van der Waals surface area contributed by atoms with Gasteiger partial charge in [-0.15, -0.1) is 0 Å². The first-order chi connectivity index (χ1) is 7.15. The number of rotatable bonds is 5. The second-order valence-corrected chi connectivity index (χ2v) is 4.01. The smallest absolute Gasteiger partial charge is 0.102 e. The number of halogens is 1. The third-order valence-electron chi connectivity index (χ3n) is 2.20. The molecule has 0 amide bonds. The number of hydrogen-bond acceptors (Lipinski definition) is 2. The van der Waals surface area contributed by atoms with E-state index in [1.54, 1.807) is 6.07 Å². The maximum atomic E-state index is 9.78. The van der Waals surface area contributed by atoms with Crippen molar-refractivity contribution in [3.8, 4) is 0 Å². The second kappa shape index (κ2) is 6.11. The molecular weight excluding hydrogens is 212 g/mol. The van der Waals surface area contributed by atoms with E-state index in [-0.39, 0.29) is 0 Å². The van der Waals surface area contributed by atoms with Crippen LogP contribution in [0.2, 0.25) is 5.02 Å². The van der Waals surface area contributed by atoms with Gasteiger partial charge in [0.2, 0.25) is 0 Å². The lowest BCUT2D eigenvalue weighted by Gasteiger charge is -2.12. The van der Waals surface area contributed by atoms with Crippen molar-refractivity contribution in [1.29, 1.82) is 0 Å². The van der Waals surface area contributed by atoms with Crippen LogP contribution in [-0.4, -0.2) is 18.3 Å². The van der Waals surface area contributed by atoms with Gasteiger partial charge in [0.1, 0.15) is 6.10 Å². The predicted octanol–water partition coefficient (Wildman–Crippen LogP) is 3.11. The molecule has 2 nitrogen and oxygen atoms in total. The third kappa shape index (κ3) is 3.82. The van der Waals surface area contributed by atoms with E-state index in [9.17, 15) is 5.11 Å². The first-order valence-corrected chi connectivity index (χ1v) is 5.54. The number of aliphatic hydroxyl groups excluding tert-OH is 1. The number of aliphatic hydroxyl groups is 1. The zero-order chi connectivity index (χ0) is 11.3. The molecule has 1 atom stereocenters. The zero-order valence-corrected chi connectivity index (χ0v) is 9.92. The second-order valence-electron chi connectivity index (χ2n) is 3.60. The Morgan fingerprint density at radius 1 is 1.47 bits per heavy atom. The summed E-state index contributed by atoms with van der Waals surface area (Å²) < 4.78 is 5.28. The monoisotopic (exact) mass is 228 g/mol. The molecule has 0 heterocycles. The van der Waals surface area contributed by atoms with Gasteiger partial charge < -0.3 is 9.84 Å². The molecule has 3 heteroatoms. The molecule has 15 heavy (non-hydrogen) atoms. The van der Waals surface area contributed by atoms with Crippen LogP contribution in [0.15, 0.2) is 18.2 Å². The van der Waals surface area contributed by atoms with E-state index in [0.29, 0.717) is 18.2 Å². The Kier molecular flexibility index (Phi) is 5.09. The van der Waals surface area contributed by atoms with Crippen molar-refractivity contribution in [3.05, 3.63) is 34.3 Å². The molecule has 0 aliphatic carbocycles. The molecule has 0 aromatic heterocycles. The van der Waals surface area contributed by atoms with Crippen molar-refractivity contribution < 1.29 is 9.84 Å². The van der Waals surface area contributed by atoms with Gasteiger partial charge in [-0.2, -0.15) is 0 Å². The fourth-order valence-corrected chi connectivity index (χ4v) is 1.44. The van der Waals surface area contributed by atoms with Crippen LogP contribution < -0.4 is 0 Å². The van der Waals surface area contributed by atoms with Gasteiger partial charge in [0.25, 0.3) is 0 Å². The number of benzene rings is 1. The topological polar surface area (TPSA) is 29.5 Å². The van der Waals surface area contributed by atoms with Crippen molar-refractivity contribution in [3.63, 3.8) is 0 Å². The molecule has 0 aliphatic heterocycles. The van der Waals surface area contributed by atoms with Crippen LogP contribution >= 0.6 is 11.6 Å². The maximum Gasteiger partial charge on any atom is 0.102 e. The molecule has 1 N–H and O–H groups in total. The Morgan fingerprint density at radius 2 is 2.20 bits per heavy atom. The lowest BCUT2D eigenvalue weighted by molar-refractivity contribution is 0.0364. The highest BCUT2D eigenvalue weighted by atomic mass is 35.5. The first-order valence-electron chi connectivity index (χ1n) is 5.17. The third-order valence-corrected chi connectivity index (χ3v) is 2.61. The summed E-state index contributed by atoms with van der Waals surface area (Å²) >= 11 is 5.97. The zero-order valence-electron chi connectivity index (χ0n) is 9.16. The van der Waals surface area contributed by atoms with Crippen LogP contribution in [0.5, 0.6) is 0 Å². The number of ether oxygens (including phenoxy) is 1. The van der Waals surface area contributed by atoms with E-state index in [2.05, 4.69) is 0 Å². The molecule has 1 aromatic rings. The molecule has 0 saturated carbocycles. The Labute approximate surface area is 95.8 Å². The van der Waals surface area contributed by atoms with Gasteiger partial charge in [-0.3, -0.25) is 0 Å². The molecule has 0 fully saturated rings. The molecule has 0 bridgehead atoms. The van der Waals surface area contributed by atoms with E-state index < -0.39 is 6.10 Å². The fraction of sp³-hybridized carbons (Fsp3) is 0.500. The van der Waals surface area contributed by atoms with Crippen LogP contribution in [-0.2, 0) is 4.74 Å². The van der Waals surface area contributed by atoms with Crippen LogP contribution in [0.25, 0.3) is 0 Å². The Balaban J connectivity index is 2.57. The molecule has 1 rings (SSSR count). The van der Waals surface area contributed by atoms with Crippen LogP contribution in [0.1, 0.15) is 30.6 Å². The van der Waals surface area contributed by atoms with Gasteiger partial charge in [0.15, 0.2) is 0 Å². The summed E-state index contributed by atoms with van der Waals surface area (Å²) in [4.78, 5) is 0. The summed E-state index contributed by atoms with van der Waals surface area (Å²) in [5.74, 6) is 0. The Morgan fingerprint density at radius 3 is 2.80 bits per heavy atom. The summed E-state index contributed by atoms with van der Waals surface area (Å²) in [6.07, 6.45) is 0.371. The summed E-state index contributed by atoms with van der Waals surface area (Å²) in [7, 11) is 0. The molecule has 0 radical (unpaired) electrons. The predicted molar refractivity (Wildman–Crippen MR) is 62.3 cm³/mol. The van der Waals surface area contributed by atoms with Crippen molar-refractivity contribution >= 4 is 11.6 Å². The average Bonchev–Trinajstić information content (AvgIpc) is 2.22. The van der Waals surface area contributed by atoms with Crippen LogP contribution in [0.4, 0.5) is 0 Å². The quantitative estimate of drug-likeness (QED) is 0.785. The fourth-order valence-electron chi connectivity index (χ4n) is 1.25. The summed E-state index contributed by atoms with van der Waals surface area (Å²) in [6, 6.07) is 5.57. The van der Waals surface area contributed by atoms with E-state index in [0.717, 1.165) is 17.5 Å². The van der Waals surface area contributed by atoms with Crippen LogP contribution in [0.3, 0.4) is 0 Å². The first kappa shape index (κ1) is 12.5. The van der Waals surface area contributed by atoms with Gasteiger partial charge in [0, 0.05) is 11.6 Å². The van der Waals surface area contributed by atoms with Crippen LogP contribution in [0, 0.1) is 6.92 Å². The lowest BCUT2D eigenvalue weighted by Crippen LogP contribution is -2.07. The van der Waals surface area contributed by atoms with Gasteiger partial charge >= 0.3 is 0 Å². The molecular formula is C12H17ClO2. The minimum absolute atomic E-state index is 0.327. The minimum Gasteiger partial charge on any atom is -0.386 e. The highest BCUT2D eigenvalue weighted by molar-refractivity contribution is 6.31. The minimum atomic E-state index is -0.588. The van der Waals surface area contributed by atoms with Gasteiger partial charge in [0.05, 0.1) is 6.61 Å². The summed E-state index contributed by atoms with van der Waals surface area (Å²) in [5.41, 5.74) is 1.82. The number of aryl methyl sites for hydroxylation is 1. The Bertz CT molecular complexity index is 312. The standard InChI is InChI=1S/C12H17ClO2/c1-3-6-15-8-12(14)10-5-4-9(2)11(13)7-10/h4-5,7,12,14H,3,6,8H2,1-2H3. The van der Waals surface area contributed by atoms with Crippen molar-refractivity contribution in [2.45, 2.75) is 26.4 Å². The van der Waals surface area contributed by atoms with Crippen molar-refractivity contribution in [2.75, 3.05) is 13.2 Å². The number of hydrogen-bond donors (Lipinski definition) is 1. The summed E-state index contributed by atoms with van der Waals surface area (Å²) in [6.45, 7) is 4.98. The normalized spacial score (nSPS) is 12.8. The maximum absolute atomic E-state index is 9.78. The van der Waals surface area contributed by atoms with E-state index in [1.807, 2.05) is 26.0 Å². The SMILES string of the molecule is CCCOCC(O)c1ccc(C)c(Cl)c1. The van der Waals surface area contributed by atoms with E-state index in [1.165, 1.54) is 0 Å². The largest absolute Gasteiger partial charge is 0.386 e. The molecule has 0 spiro atoms. The highest BCUT2D eigenvalue weighted by Crippen LogP contribution is 2.21. The summed E-state index contributed by atoms with van der Waals surface area (Å²) in [5, 5.41) is 10.5. The average molecular weight is 229 g/mol. The molecule has 1 aromatic carbocycles. The molecule has 0 saturated heterocycles. The molecule has 0 aliphatic rings. The lowest BCUT2D eigenvalue weighted by atomic mass is 10.1. The highest BCUT2D eigenvalue weighted by Gasteiger charge is 2.08. The van der Waals surface area contributed by atoms with Gasteiger partial charge in [-0.05, 0) is 30.5 Å². The molecule has 1 unspecified atom stereocenters. The van der Waals surface area contributed by atoms with Gasteiger partial charge in [-0.1, -0.05) is 30.7 Å². The van der Waals surface area contributed by atoms with Crippen molar-refractivity contribution in [2.24, 2.45) is 0 Å². The van der Waals surface area contributed by atoms with E-state index >= 15 is 0 Å².